The first-order chi connectivity index (χ1) is 18.4. The van der Waals surface area contributed by atoms with Gasteiger partial charge in [-0.15, -0.1) is 11.8 Å². The fraction of sp³-hybridized carbons (Fsp3) is 0.429. The van der Waals surface area contributed by atoms with Crippen LogP contribution in [-0.4, -0.2) is 60.6 Å². The van der Waals surface area contributed by atoms with E-state index < -0.39 is 17.5 Å². The van der Waals surface area contributed by atoms with Gasteiger partial charge in [0.2, 0.25) is 5.91 Å². The number of nitrogens with zero attached hydrogens (tertiary/aromatic N) is 2. The predicted molar refractivity (Wildman–Crippen MR) is 148 cm³/mol. The first-order valence-corrected chi connectivity index (χ1v) is 14.0. The molecule has 3 aromatic rings. The van der Waals surface area contributed by atoms with E-state index in [9.17, 15) is 10.0 Å². The smallest absolute Gasteiger partial charge is 0.249 e. The predicted octanol–water partition coefficient (Wildman–Crippen LogP) is 6.08. The second-order valence-electron chi connectivity index (χ2n) is 9.50. The number of methoxy groups -OCH3 is 2. The Morgan fingerprint density at radius 3 is 2.53 bits per heavy atom. The van der Waals surface area contributed by atoms with Gasteiger partial charge in [0.05, 0.1) is 30.2 Å². The summed E-state index contributed by atoms with van der Waals surface area (Å²) in [5.74, 6) is 1.88. The minimum Gasteiger partial charge on any atom is -0.497 e. The first-order valence-electron chi connectivity index (χ1n) is 12.6. The van der Waals surface area contributed by atoms with Crippen molar-refractivity contribution < 1.29 is 23.9 Å². The molecule has 1 atom stereocenters. The minimum atomic E-state index is -1.40. The molecule has 7 nitrogen and oxygen atoms in total. The van der Waals surface area contributed by atoms with Crippen molar-refractivity contribution in [3.63, 3.8) is 0 Å². The van der Waals surface area contributed by atoms with Crippen LogP contribution < -0.4 is 15.0 Å². The Morgan fingerprint density at radius 2 is 1.87 bits per heavy atom. The zero-order valence-electron chi connectivity index (χ0n) is 21.6. The third-order valence-electron chi connectivity index (χ3n) is 7.39. The van der Waals surface area contributed by atoms with Gasteiger partial charge in [-0.05, 0) is 81.2 Å². The van der Waals surface area contributed by atoms with Crippen molar-refractivity contribution in [2.45, 2.75) is 36.8 Å². The van der Waals surface area contributed by atoms with Gasteiger partial charge in [-0.2, -0.15) is 0 Å². The third-order valence-corrected chi connectivity index (χ3v) is 8.68. The maximum atomic E-state index is 15.7. The van der Waals surface area contributed by atoms with E-state index in [4.69, 9.17) is 21.1 Å². The van der Waals surface area contributed by atoms with E-state index in [0.717, 1.165) is 18.0 Å². The highest BCUT2D eigenvalue weighted by Gasteiger charge is 2.41. The molecule has 0 unspecified atom stereocenters. The summed E-state index contributed by atoms with van der Waals surface area (Å²) in [4.78, 5) is 20.6. The summed E-state index contributed by atoms with van der Waals surface area (Å²) in [5.41, 5.74) is 1.97. The molecule has 38 heavy (non-hydrogen) atoms. The SMILES string of the molecule is COc1ccc(SCCN2CCC(CC[C@@H](F)c3c(Cl)cnc4ccc(OC)cc34)(C(=O)NO)CC2)cc1. The largest absolute Gasteiger partial charge is 0.497 e. The van der Waals surface area contributed by atoms with Crippen LogP contribution in [0.2, 0.25) is 5.02 Å². The summed E-state index contributed by atoms with van der Waals surface area (Å²) in [7, 11) is 3.20. The maximum absolute atomic E-state index is 15.7. The number of halogens is 2. The lowest BCUT2D eigenvalue weighted by Crippen LogP contribution is -2.48. The lowest BCUT2D eigenvalue weighted by atomic mass is 9.73. The summed E-state index contributed by atoms with van der Waals surface area (Å²) < 4.78 is 26.2. The Bertz CT molecular complexity index is 1240. The number of piperidine rings is 1. The molecule has 10 heteroatoms. The topological polar surface area (TPSA) is 83.9 Å². The highest BCUT2D eigenvalue weighted by atomic mass is 35.5. The number of alkyl halides is 1. The van der Waals surface area contributed by atoms with Crippen LogP contribution in [0.3, 0.4) is 0 Å². The number of amides is 1. The van der Waals surface area contributed by atoms with Crippen molar-refractivity contribution in [2.75, 3.05) is 39.6 Å². The summed E-state index contributed by atoms with van der Waals surface area (Å²) in [6.45, 7) is 2.27. The lowest BCUT2D eigenvalue weighted by Gasteiger charge is -2.40. The molecular formula is C28H33ClFN3O4S. The number of hydroxylamine groups is 1. The molecule has 1 aromatic heterocycles. The van der Waals surface area contributed by atoms with E-state index in [1.807, 2.05) is 29.7 Å². The molecule has 1 amide bonds. The second kappa shape index (κ2) is 13.0. The van der Waals surface area contributed by atoms with Crippen LogP contribution in [0.25, 0.3) is 10.9 Å². The standard InChI is InChI=1S/C28H33ClFN3O4S/c1-36-19-3-6-21(7-4-19)38-16-15-33-13-11-28(12-14-33,27(34)32-35)10-9-24(30)26-22-17-20(37-2)5-8-25(22)31-18-23(26)29/h3-8,17-18,24,35H,9-16H2,1-2H3,(H,32,34)/t24-/m1/s1. The molecule has 0 bridgehead atoms. The molecule has 0 spiro atoms. The van der Waals surface area contributed by atoms with Gasteiger partial charge in [-0.3, -0.25) is 15.0 Å². The van der Waals surface area contributed by atoms with E-state index in [0.29, 0.717) is 54.6 Å². The van der Waals surface area contributed by atoms with Gasteiger partial charge < -0.3 is 14.4 Å². The molecule has 2 N–H and O–H groups in total. The number of ether oxygens (including phenoxy) is 2. The highest BCUT2D eigenvalue weighted by Crippen LogP contribution is 2.42. The average Bonchev–Trinajstić information content (AvgIpc) is 2.96. The fourth-order valence-corrected chi connectivity index (χ4v) is 6.22. The van der Waals surface area contributed by atoms with Crippen molar-refractivity contribution in [1.82, 2.24) is 15.4 Å². The first kappa shape index (κ1) is 28.4. The van der Waals surface area contributed by atoms with Crippen molar-refractivity contribution in [1.29, 1.82) is 0 Å². The van der Waals surface area contributed by atoms with Crippen molar-refractivity contribution in [2.24, 2.45) is 5.41 Å². The van der Waals surface area contributed by atoms with Crippen molar-refractivity contribution >= 4 is 40.2 Å². The van der Waals surface area contributed by atoms with Crippen molar-refractivity contribution in [3.8, 4) is 11.5 Å². The molecule has 0 aliphatic carbocycles. The van der Waals surface area contributed by atoms with Crippen LogP contribution in [0.5, 0.6) is 11.5 Å². The zero-order chi connectivity index (χ0) is 27.1. The Hall–Kier alpha value is -2.59. The molecule has 2 heterocycles. The van der Waals surface area contributed by atoms with Gasteiger partial charge in [0.1, 0.15) is 17.7 Å². The summed E-state index contributed by atoms with van der Waals surface area (Å²) in [6.07, 6.45) is 1.52. The molecule has 2 aromatic carbocycles. The minimum absolute atomic E-state index is 0.0940. The van der Waals surface area contributed by atoms with Gasteiger partial charge in [-0.25, -0.2) is 9.87 Å². The Labute approximate surface area is 231 Å². The molecule has 1 fully saturated rings. The number of fused-ring (bicyclic) bond motifs is 1. The number of aromatic nitrogens is 1. The summed E-state index contributed by atoms with van der Waals surface area (Å²) in [5, 5.41) is 10.3. The number of hydrogen-bond donors (Lipinski definition) is 2. The number of likely N-dealkylation sites (tertiary alicyclic amines) is 1. The quantitative estimate of drug-likeness (QED) is 0.167. The normalized spacial score (nSPS) is 16.2. The average molecular weight is 562 g/mol. The molecular weight excluding hydrogens is 529 g/mol. The van der Waals surface area contributed by atoms with Crippen LogP contribution in [-0.2, 0) is 4.79 Å². The van der Waals surface area contributed by atoms with E-state index >= 15 is 4.39 Å². The Balaban J connectivity index is 1.37. The third kappa shape index (κ3) is 6.51. The van der Waals surface area contributed by atoms with Gasteiger partial charge in [0, 0.05) is 34.3 Å². The Kier molecular flexibility index (Phi) is 9.70. The molecule has 1 aliphatic rings. The molecule has 0 radical (unpaired) electrons. The number of pyridine rings is 1. The second-order valence-corrected chi connectivity index (χ2v) is 11.1. The molecule has 1 saturated heterocycles. The lowest BCUT2D eigenvalue weighted by molar-refractivity contribution is -0.143. The number of hydrogen-bond acceptors (Lipinski definition) is 7. The number of thioether (sulfide) groups is 1. The summed E-state index contributed by atoms with van der Waals surface area (Å²) in [6, 6.07) is 13.2. The number of benzene rings is 2. The number of carbonyl (C=O) groups is 1. The highest BCUT2D eigenvalue weighted by molar-refractivity contribution is 7.99. The Morgan fingerprint density at radius 1 is 1.18 bits per heavy atom. The fourth-order valence-electron chi connectivity index (χ4n) is 5.04. The molecule has 0 saturated carbocycles. The molecule has 4 rings (SSSR count). The van der Waals surface area contributed by atoms with Gasteiger partial charge in [-0.1, -0.05) is 11.6 Å². The number of rotatable bonds is 11. The summed E-state index contributed by atoms with van der Waals surface area (Å²) >= 11 is 8.16. The maximum Gasteiger partial charge on any atom is 0.249 e. The molecule has 204 valence electrons. The monoisotopic (exact) mass is 561 g/mol. The molecule has 1 aliphatic heterocycles. The van der Waals surface area contributed by atoms with E-state index in [1.165, 1.54) is 11.1 Å². The van der Waals surface area contributed by atoms with Crippen LogP contribution in [0.15, 0.2) is 53.6 Å². The number of nitrogens with one attached hydrogen (secondary N) is 1. The van der Waals surface area contributed by atoms with E-state index in [2.05, 4.69) is 9.88 Å². The van der Waals surface area contributed by atoms with Gasteiger partial charge in [0.15, 0.2) is 0 Å². The van der Waals surface area contributed by atoms with Crippen molar-refractivity contribution in [3.05, 3.63) is 59.2 Å². The number of carbonyl (C=O) groups excluding carboxylic acids is 1. The van der Waals surface area contributed by atoms with Gasteiger partial charge in [0.25, 0.3) is 0 Å². The van der Waals surface area contributed by atoms with Crippen LogP contribution in [0.1, 0.15) is 37.4 Å². The van der Waals surface area contributed by atoms with Crippen LogP contribution >= 0.6 is 23.4 Å². The van der Waals surface area contributed by atoms with Crippen LogP contribution in [0, 0.1) is 5.41 Å². The van der Waals surface area contributed by atoms with E-state index in [-0.39, 0.29) is 11.4 Å². The van der Waals surface area contributed by atoms with Crippen LogP contribution in [0.4, 0.5) is 4.39 Å². The zero-order valence-corrected chi connectivity index (χ0v) is 23.2. The van der Waals surface area contributed by atoms with E-state index in [1.54, 1.807) is 44.2 Å². The van der Waals surface area contributed by atoms with Gasteiger partial charge >= 0.3 is 0 Å².